The van der Waals surface area contributed by atoms with Gasteiger partial charge in [0.05, 0.1) is 17.1 Å². The van der Waals surface area contributed by atoms with Crippen molar-refractivity contribution in [1.82, 2.24) is 9.66 Å². The van der Waals surface area contributed by atoms with Gasteiger partial charge in [0.15, 0.2) is 5.82 Å². The highest BCUT2D eigenvalue weighted by Gasteiger charge is 2.11. The molecule has 3 aromatic carbocycles. The third-order valence-electron chi connectivity index (χ3n) is 4.23. The molecule has 4 rings (SSSR count). The Bertz CT molecular complexity index is 1250. The van der Waals surface area contributed by atoms with Crippen LogP contribution in [0.1, 0.15) is 11.4 Å². The van der Waals surface area contributed by atoms with Crippen LogP contribution < -0.4 is 10.3 Å². The number of phenolic OH excluding ortho intramolecular Hbond substituents is 1. The second-order valence-electron chi connectivity index (χ2n) is 6.21. The average molecular weight is 450 g/mol. The zero-order chi connectivity index (χ0) is 20.2. The van der Waals surface area contributed by atoms with E-state index < -0.39 is 0 Å². The molecule has 1 heterocycles. The third kappa shape index (κ3) is 4.20. The molecule has 29 heavy (non-hydrogen) atoms. The molecule has 0 saturated heterocycles. The second kappa shape index (κ2) is 8.28. The van der Waals surface area contributed by atoms with Crippen LogP contribution in [0.4, 0.5) is 0 Å². The zero-order valence-electron chi connectivity index (χ0n) is 15.2. The lowest BCUT2D eigenvalue weighted by molar-refractivity contribution is 0.289. The number of hydrogen-bond donors (Lipinski definition) is 1. The summed E-state index contributed by atoms with van der Waals surface area (Å²) in [6, 6.07) is 21.3. The van der Waals surface area contributed by atoms with Gasteiger partial charge >= 0.3 is 0 Å². The number of para-hydroxylation sites is 2. The largest absolute Gasteiger partial charge is 0.507 e. The number of aromatic nitrogens is 2. The van der Waals surface area contributed by atoms with E-state index in [-0.39, 0.29) is 17.9 Å². The molecule has 1 N–H and O–H groups in total. The van der Waals surface area contributed by atoms with Crippen LogP contribution in [0.15, 0.2) is 87.2 Å². The van der Waals surface area contributed by atoms with E-state index in [9.17, 15) is 9.90 Å². The molecule has 1 aromatic heterocycles. The van der Waals surface area contributed by atoms with Crippen molar-refractivity contribution in [2.75, 3.05) is 0 Å². The summed E-state index contributed by atoms with van der Waals surface area (Å²) >= 11 is 3.36. The molecular weight excluding hydrogens is 434 g/mol. The SMILES string of the molecule is O=c1c2ccccc2nc(COc2ccccc2)n1N=Cc1cc(Br)ccc1O. The molecule has 0 amide bonds. The summed E-state index contributed by atoms with van der Waals surface area (Å²) in [4.78, 5) is 17.6. The number of halogens is 1. The van der Waals surface area contributed by atoms with Gasteiger partial charge in [-0.05, 0) is 42.5 Å². The fourth-order valence-electron chi connectivity index (χ4n) is 2.80. The topological polar surface area (TPSA) is 76.7 Å². The van der Waals surface area contributed by atoms with Gasteiger partial charge in [-0.2, -0.15) is 9.78 Å². The summed E-state index contributed by atoms with van der Waals surface area (Å²) in [6.07, 6.45) is 1.42. The summed E-state index contributed by atoms with van der Waals surface area (Å²) < 4.78 is 7.76. The minimum Gasteiger partial charge on any atom is -0.507 e. The first-order valence-electron chi connectivity index (χ1n) is 8.83. The lowest BCUT2D eigenvalue weighted by Crippen LogP contribution is -2.23. The first-order valence-corrected chi connectivity index (χ1v) is 9.62. The molecule has 0 atom stereocenters. The molecule has 4 aromatic rings. The Hall–Kier alpha value is -3.45. The highest BCUT2D eigenvalue weighted by Crippen LogP contribution is 2.20. The number of aromatic hydroxyl groups is 1. The summed E-state index contributed by atoms with van der Waals surface area (Å²) in [5.74, 6) is 1.07. The highest BCUT2D eigenvalue weighted by atomic mass is 79.9. The molecule has 0 unspecified atom stereocenters. The molecule has 144 valence electrons. The number of nitrogens with zero attached hydrogens (tertiary/aromatic N) is 3. The van der Waals surface area contributed by atoms with Crippen molar-refractivity contribution < 1.29 is 9.84 Å². The maximum absolute atomic E-state index is 13.0. The smallest absolute Gasteiger partial charge is 0.282 e. The Morgan fingerprint density at radius 1 is 1.07 bits per heavy atom. The van der Waals surface area contributed by atoms with Crippen molar-refractivity contribution in [2.24, 2.45) is 5.10 Å². The maximum atomic E-state index is 13.0. The van der Waals surface area contributed by atoms with E-state index in [2.05, 4.69) is 26.0 Å². The first kappa shape index (κ1) is 18.9. The Morgan fingerprint density at radius 3 is 2.66 bits per heavy atom. The predicted octanol–water partition coefficient (Wildman–Crippen LogP) is 4.33. The summed E-state index contributed by atoms with van der Waals surface area (Å²) in [5, 5.41) is 14.8. The van der Waals surface area contributed by atoms with E-state index in [1.165, 1.54) is 10.9 Å². The van der Waals surface area contributed by atoms with Gasteiger partial charge in [0.1, 0.15) is 18.1 Å². The number of rotatable bonds is 5. The fourth-order valence-corrected chi connectivity index (χ4v) is 3.17. The zero-order valence-corrected chi connectivity index (χ0v) is 16.8. The average Bonchev–Trinajstić information content (AvgIpc) is 2.75. The first-order chi connectivity index (χ1) is 14.1. The molecule has 0 bridgehead atoms. The van der Waals surface area contributed by atoms with E-state index in [1.807, 2.05) is 36.4 Å². The molecule has 0 spiro atoms. The van der Waals surface area contributed by atoms with Crippen LogP contribution in [0.5, 0.6) is 11.5 Å². The third-order valence-corrected chi connectivity index (χ3v) is 4.73. The molecule has 0 radical (unpaired) electrons. The molecule has 0 aliphatic rings. The molecule has 7 heteroatoms. The Labute approximate surface area is 174 Å². The van der Waals surface area contributed by atoms with Crippen LogP contribution in [0.25, 0.3) is 10.9 Å². The quantitative estimate of drug-likeness (QED) is 0.460. The summed E-state index contributed by atoms with van der Waals surface area (Å²) in [7, 11) is 0. The normalized spacial score (nSPS) is 11.2. The highest BCUT2D eigenvalue weighted by molar-refractivity contribution is 9.10. The van der Waals surface area contributed by atoms with Gasteiger partial charge in [-0.15, -0.1) is 0 Å². The Balaban J connectivity index is 1.77. The van der Waals surface area contributed by atoms with E-state index >= 15 is 0 Å². The van der Waals surface area contributed by atoms with Crippen molar-refractivity contribution >= 4 is 33.0 Å². The number of benzene rings is 3. The number of hydrogen-bond acceptors (Lipinski definition) is 5. The van der Waals surface area contributed by atoms with Crippen molar-refractivity contribution in [2.45, 2.75) is 6.61 Å². The van der Waals surface area contributed by atoms with Crippen LogP contribution in [-0.4, -0.2) is 21.0 Å². The fraction of sp³-hybridized carbons (Fsp3) is 0.0455. The van der Waals surface area contributed by atoms with Gasteiger partial charge in [0, 0.05) is 10.0 Å². The number of fused-ring (bicyclic) bond motifs is 1. The summed E-state index contributed by atoms with van der Waals surface area (Å²) in [6.45, 7) is 0.0614. The lowest BCUT2D eigenvalue weighted by atomic mass is 10.2. The second-order valence-corrected chi connectivity index (χ2v) is 7.13. The Kier molecular flexibility index (Phi) is 5.39. The molecule has 0 saturated carbocycles. The molecule has 0 aliphatic carbocycles. The minimum atomic E-state index is -0.312. The number of phenols is 1. The van der Waals surface area contributed by atoms with Gasteiger partial charge < -0.3 is 9.84 Å². The van der Waals surface area contributed by atoms with Crippen LogP contribution in [-0.2, 0) is 6.61 Å². The van der Waals surface area contributed by atoms with E-state index in [4.69, 9.17) is 4.74 Å². The van der Waals surface area contributed by atoms with E-state index in [0.29, 0.717) is 28.0 Å². The minimum absolute atomic E-state index is 0.0563. The monoisotopic (exact) mass is 449 g/mol. The van der Waals surface area contributed by atoms with Gasteiger partial charge in [-0.3, -0.25) is 4.79 Å². The van der Waals surface area contributed by atoms with Crippen LogP contribution in [0.3, 0.4) is 0 Å². The standard InChI is InChI=1S/C22H16BrN3O3/c23-16-10-11-20(27)15(12-16)13-24-26-21(14-29-17-6-2-1-3-7-17)25-19-9-5-4-8-18(19)22(26)28/h1-13,27H,14H2. The van der Waals surface area contributed by atoms with E-state index in [1.54, 1.807) is 36.4 Å². The van der Waals surface area contributed by atoms with Crippen LogP contribution >= 0.6 is 15.9 Å². The summed E-state index contributed by atoms with van der Waals surface area (Å²) in [5.41, 5.74) is 0.725. The van der Waals surface area contributed by atoms with Gasteiger partial charge in [0.25, 0.3) is 5.56 Å². The van der Waals surface area contributed by atoms with Crippen molar-refractivity contribution in [3.8, 4) is 11.5 Å². The molecule has 6 nitrogen and oxygen atoms in total. The van der Waals surface area contributed by atoms with E-state index in [0.717, 1.165) is 4.47 Å². The van der Waals surface area contributed by atoms with Crippen molar-refractivity contribution in [1.29, 1.82) is 0 Å². The maximum Gasteiger partial charge on any atom is 0.282 e. The van der Waals surface area contributed by atoms with Gasteiger partial charge in [-0.25, -0.2) is 4.98 Å². The predicted molar refractivity (Wildman–Crippen MR) is 116 cm³/mol. The molecule has 0 aliphatic heterocycles. The van der Waals surface area contributed by atoms with Crippen LogP contribution in [0.2, 0.25) is 0 Å². The van der Waals surface area contributed by atoms with Gasteiger partial charge in [-0.1, -0.05) is 46.3 Å². The molecule has 0 fully saturated rings. The van der Waals surface area contributed by atoms with Crippen molar-refractivity contribution in [3.63, 3.8) is 0 Å². The van der Waals surface area contributed by atoms with Crippen molar-refractivity contribution in [3.05, 3.63) is 99.0 Å². The molecular formula is C22H16BrN3O3. The lowest BCUT2D eigenvalue weighted by Gasteiger charge is -2.11. The van der Waals surface area contributed by atoms with Gasteiger partial charge in [0.2, 0.25) is 0 Å². The number of ether oxygens (including phenoxy) is 1. The van der Waals surface area contributed by atoms with Crippen LogP contribution in [0, 0.1) is 0 Å². The Morgan fingerprint density at radius 2 is 1.83 bits per heavy atom.